The monoisotopic (exact) mass is 310 g/mol. The molecule has 1 aromatic rings. The van der Waals surface area contributed by atoms with Gasteiger partial charge in [-0.1, -0.05) is 6.92 Å². The number of hydrogen-bond acceptors (Lipinski definition) is 3. The van der Waals surface area contributed by atoms with E-state index in [9.17, 15) is 4.39 Å². The molecule has 0 heterocycles. The summed E-state index contributed by atoms with van der Waals surface area (Å²) in [7, 11) is 0. The van der Waals surface area contributed by atoms with Crippen molar-refractivity contribution >= 4 is 11.8 Å². The van der Waals surface area contributed by atoms with Crippen LogP contribution in [0.4, 0.5) is 4.39 Å². The van der Waals surface area contributed by atoms with E-state index in [-0.39, 0.29) is 5.82 Å². The van der Waals surface area contributed by atoms with Gasteiger partial charge in [-0.05, 0) is 62.9 Å². The molecule has 0 unspecified atom stereocenters. The third kappa shape index (κ3) is 5.61. The van der Waals surface area contributed by atoms with Crippen molar-refractivity contribution in [3.05, 3.63) is 30.1 Å². The van der Waals surface area contributed by atoms with E-state index in [0.29, 0.717) is 12.1 Å². The summed E-state index contributed by atoms with van der Waals surface area (Å²) in [6.45, 7) is 4.52. The van der Waals surface area contributed by atoms with Gasteiger partial charge in [-0.15, -0.1) is 11.8 Å². The molecule has 0 spiro atoms. The summed E-state index contributed by atoms with van der Waals surface area (Å²) in [5, 5.41) is 0. The van der Waals surface area contributed by atoms with Gasteiger partial charge in [0.1, 0.15) is 5.82 Å². The van der Waals surface area contributed by atoms with Crippen LogP contribution in [0.5, 0.6) is 0 Å². The SMILES string of the molecule is CCCN(CCSc1ccc(F)cc1)C1CCC(N)CC1. The number of nitrogens with zero attached hydrogens (tertiary/aromatic N) is 1. The van der Waals surface area contributed by atoms with E-state index < -0.39 is 0 Å². The van der Waals surface area contributed by atoms with Crippen molar-refractivity contribution in [1.82, 2.24) is 4.90 Å². The fraction of sp³-hybridized carbons (Fsp3) is 0.647. The van der Waals surface area contributed by atoms with Crippen LogP contribution in [-0.2, 0) is 0 Å². The Hall–Kier alpha value is -0.580. The minimum absolute atomic E-state index is 0.162. The molecule has 1 aliphatic carbocycles. The summed E-state index contributed by atoms with van der Waals surface area (Å²) in [6, 6.07) is 7.92. The summed E-state index contributed by atoms with van der Waals surface area (Å²) < 4.78 is 12.9. The lowest BCUT2D eigenvalue weighted by atomic mass is 9.90. The van der Waals surface area contributed by atoms with Crippen molar-refractivity contribution < 1.29 is 4.39 Å². The summed E-state index contributed by atoms with van der Waals surface area (Å²) >= 11 is 1.81. The largest absolute Gasteiger partial charge is 0.328 e. The van der Waals surface area contributed by atoms with Crippen LogP contribution in [0.15, 0.2) is 29.2 Å². The van der Waals surface area contributed by atoms with Gasteiger partial charge in [0.05, 0.1) is 0 Å². The van der Waals surface area contributed by atoms with Crippen LogP contribution >= 0.6 is 11.8 Å². The van der Waals surface area contributed by atoms with Gasteiger partial charge in [0.25, 0.3) is 0 Å². The van der Waals surface area contributed by atoms with Crippen molar-refractivity contribution in [2.75, 3.05) is 18.8 Å². The average Bonchev–Trinajstić information content (AvgIpc) is 2.49. The van der Waals surface area contributed by atoms with E-state index in [1.807, 2.05) is 23.9 Å². The maximum Gasteiger partial charge on any atom is 0.123 e. The quantitative estimate of drug-likeness (QED) is 0.775. The van der Waals surface area contributed by atoms with Crippen LogP contribution in [-0.4, -0.2) is 35.8 Å². The zero-order valence-electron chi connectivity index (χ0n) is 12.9. The number of nitrogens with two attached hydrogens (primary N) is 1. The van der Waals surface area contributed by atoms with Crippen LogP contribution in [0.1, 0.15) is 39.0 Å². The molecule has 0 aliphatic heterocycles. The molecule has 1 fully saturated rings. The molecule has 2 N–H and O–H groups in total. The van der Waals surface area contributed by atoms with Crippen LogP contribution in [0.25, 0.3) is 0 Å². The van der Waals surface area contributed by atoms with Crippen molar-refractivity contribution in [2.45, 2.75) is 56.0 Å². The molecule has 0 aromatic heterocycles. The summed E-state index contributed by atoms with van der Waals surface area (Å²) in [4.78, 5) is 3.78. The number of hydrogen-bond donors (Lipinski definition) is 1. The van der Waals surface area contributed by atoms with Gasteiger partial charge in [0, 0.05) is 29.3 Å². The smallest absolute Gasteiger partial charge is 0.123 e. The van der Waals surface area contributed by atoms with Crippen LogP contribution < -0.4 is 5.73 Å². The van der Waals surface area contributed by atoms with Crippen LogP contribution in [0.2, 0.25) is 0 Å². The van der Waals surface area contributed by atoms with Crippen molar-refractivity contribution in [3.8, 4) is 0 Å². The molecule has 0 saturated heterocycles. The van der Waals surface area contributed by atoms with Crippen LogP contribution in [0.3, 0.4) is 0 Å². The highest BCUT2D eigenvalue weighted by molar-refractivity contribution is 7.99. The number of thioether (sulfide) groups is 1. The topological polar surface area (TPSA) is 29.3 Å². The standard InChI is InChI=1S/C17H27FN2S/c1-2-11-20(16-7-5-15(19)6-8-16)12-13-21-17-9-3-14(18)4-10-17/h3-4,9-10,15-16H,2,5-8,11-13,19H2,1H3. The van der Waals surface area contributed by atoms with Crippen molar-refractivity contribution in [1.29, 1.82) is 0 Å². The Bertz CT molecular complexity index is 402. The van der Waals surface area contributed by atoms with E-state index in [0.717, 1.165) is 30.0 Å². The zero-order valence-corrected chi connectivity index (χ0v) is 13.7. The molecule has 0 radical (unpaired) electrons. The van der Waals surface area contributed by atoms with Gasteiger partial charge in [0.15, 0.2) is 0 Å². The van der Waals surface area contributed by atoms with E-state index in [1.165, 1.54) is 37.9 Å². The molecule has 118 valence electrons. The second-order valence-electron chi connectivity index (χ2n) is 5.91. The highest BCUT2D eigenvalue weighted by Gasteiger charge is 2.23. The molecular formula is C17H27FN2S. The molecule has 1 aliphatic rings. The highest BCUT2D eigenvalue weighted by Crippen LogP contribution is 2.24. The van der Waals surface area contributed by atoms with Gasteiger partial charge < -0.3 is 5.73 Å². The van der Waals surface area contributed by atoms with Gasteiger partial charge in [-0.25, -0.2) is 4.39 Å². The Morgan fingerprint density at radius 3 is 2.43 bits per heavy atom. The highest BCUT2D eigenvalue weighted by atomic mass is 32.2. The third-order valence-corrected chi connectivity index (χ3v) is 5.22. The lowest BCUT2D eigenvalue weighted by Crippen LogP contribution is -2.42. The summed E-state index contributed by atoms with van der Waals surface area (Å²) in [6.07, 6.45) is 6.00. The fourth-order valence-corrected chi connectivity index (χ4v) is 3.93. The van der Waals surface area contributed by atoms with E-state index in [4.69, 9.17) is 5.73 Å². The zero-order chi connectivity index (χ0) is 15.1. The second kappa shape index (κ2) is 8.76. The molecule has 21 heavy (non-hydrogen) atoms. The van der Waals surface area contributed by atoms with E-state index >= 15 is 0 Å². The maximum atomic E-state index is 12.9. The van der Waals surface area contributed by atoms with E-state index in [2.05, 4.69) is 11.8 Å². The number of benzene rings is 1. The Labute approximate surface area is 132 Å². The number of rotatable bonds is 7. The lowest BCUT2D eigenvalue weighted by molar-refractivity contribution is 0.158. The predicted octanol–water partition coefficient (Wildman–Crippen LogP) is 3.90. The maximum absolute atomic E-state index is 12.9. The minimum atomic E-state index is -0.162. The Morgan fingerprint density at radius 1 is 1.14 bits per heavy atom. The molecule has 0 bridgehead atoms. The Kier molecular flexibility index (Phi) is 7.00. The van der Waals surface area contributed by atoms with Gasteiger partial charge in [0.2, 0.25) is 0 Å². The summed E-state index contributed by atoms with van der Waals surface area (Å²) in [5.74, 6) is 0.902. The van der Waals surface area contributed by atoms with Gasteiger partial charge >= 0.3 is 0 Å². The number of halogens is 1. The molecular weight excluding hydrogens is 283 g/mol. The first-order valence-electron chi connectivity index (χ1n) is 8.07. The van der Waals surface area contributed by atoms with Gasteiger partial charge in [-0.2, -0.15) is 0 Å². The third-order valence-electron chi connectivity index (χ3n) is 4.23. The molecule has 1 aromatic carbocycles. The van der Waals surface area contributed by atoms with Crippen LogP contribution in [0, 0.1) is 5.82 Å². The minimum Gasteiger partial charge on any atom is -0.328 e. The molecule has 2 rings (SSSR count). The van der Waals surface area contributed by atoms with E-state index in [1.54, 1.807) is 0 Å². The lowest BCUT2D eigenvalue weighted by Gasteiger charge is -2.36. The fourth-order valence-electron chi connectivity index (χ4n) is 3.04. The average molecular weight is 310 g/mol. The first kappa shape index (κ1) is 16.8. The first-order valence-corrected chi connectivity index (χ1v) is 9.05. The molecule has 2 nitrogen and oxygen atoms in total. The Morgan fingerprint density at radius 2 is 1.81 bits per heavy atom. The molecule has 0 amide bonds. The summed E-state index contributed by atoms with van der Waals surface area (Å²) in [5.41, 5.74) is 6.01. The normalized spacial score (nSPS) is 22.7. The Balaban J connectivity index is 1.78. The molecule has 4 heteroatoms. The second-order valence-corrected chi connectivity index (χ2v) is 7.08. The van der Waals surface area contributed by atoms with Gasteiger partial charge in [-0.3, -0.25) is 4.90 Å². The first-order chi connectivity index (χ1) is 10.2. The van der Waals surface area contributed by atoms with Crippen molar-refractivity contribution in [2.24, 2.45) is 5.73 Å². The predicted molar refractivity (Wildman–Crippen MR) is 89.2 cm³/mol. The van der Waals surface area contributed by atoms with Crippen molar-refractivity contribution in [3.63, 3.8) is 0 Å². The molecule has 0 atom stereocenters. The molecule has 1 saturated carbocycles.